The molecule has 1 aliphatic rings. The molecule has 1 atom stereocenters. The van der Waals surface area contributed by atoms with Gasteiger partial charge < -0.3 is 14.3 Å². The molecule has 0 amide bonds. The first-order valence-corrected chi connectivity index (χ1v) is 8.25. The summed E-state index contributed by atoms with van der Waals surface area (Å²) < 4.78 is 58.6. The van der Waals surface area contributed by atoms with Crippen LogP contribution in [-0.4, -0.2) is 36.3 Å². The van der Waals surface area contributed by atoms with E-state index in [4.69, 9.17) is 4.42 Å². The fraction of sp³-hybridized carbons (Fsp3) is 0.250. The van der Waals surface area contributed by atoms with Gasteiger partial charge in [0, 0.05) is 18.7 Å². The Balaban J connectivity index is 1.64. The van der Waals surface area contributed by atoms with E-state index in [0.29, 0.717) is 23.3 Å². The first-order valence-electron chi connectivity index (χ1n) is 8.25. The third-order valence-corrected chi connectivity index (χ3v) is 4.57. The summed E-state index contributed by atoms with van der Waals surface area (Å²) in [6, 6.07) is 5.11. The summed E-state index contributed by atoms with van der Waals surface area (Å²) in [5.74, 6) is -2.00. The molecule has 4 aromatic heterocycles. The number of rotatable bonds is 2. The van der Waals surface area contributed by atoms with Crippen molar-refractivity contribution >= 4 is 11.5 Å². The van der Waals surface area contributed by atoms with Gasteiger partial charge in [-0.05, 0) is 18.2 Å². The summed E-state index contributed by atoms with van der Waals surface area (Å²) in [5.41, 5.74) is 2.26. The second kappa shape index (κ2) is 5.78. The Morgan fingerprint density at radius 3 is 2.82 bits per heavy atom. The Bertz CT molecular complexity index is 1160. The summed E-state index contributed by atoms with van der Waals surface area (Å²) >= 11 is 0. The Morgan fingerprint density at radius 2 is 2.07 bits per heavy atom. The van der Waals surface area contributed by atoms with Crippen LogP contribution in [0.1, 0.15) is 29.0 Å². The van der Waals surface area contributed by atoms with Crippen molar-refractivity contribution < 1.29 is 22.0 Å². The number of aromatic nitrogens is 6. The molecule has 144 valence electrons. The van der Waals surface area contributed by atoms with Crippen molar-refractivity contribution in [2.75, 3.05) is 11.4 Å². The largest absolute Gasteiger partial charge is 0.470 e. The minimum Gasteiger partial charge on any atom is -0.399 e. The Hall–Kier alpha value is -3.44. The highest BCUT2D eigenvalue weighted by Gasteiger charge is 2.41. The van der Waals surface area contributed by atoms with Gasteiger partial charge in [-0.1, -0.05) is 11.2 Å². The van der Waals surface area contributed by atoms with E-state index in [-0.39, 0.29) is 12.6 Å². The number of hydrogen-bond donors (Lipinski definition) is 1. The van der Waals surface area contributed by atoms with Gasteiger partial charge in [-0.25, -0.2) is 9.50 Å². The summed E-state index contributed by atoms with van der Waals surface area (Å²) in [7, 11) is 0. The first kappa shape index (κ1) is 16.7. The highest BCUT2D eigenvalue weighted by Crippen LogP contribution is 2.38. The van der Waals surface area contributed by atoms with Gasteiger partial charge in [0.25, 0.3) is 0 Å². The van der Waals surface area contributed by atoms with Gasteiger partial charge in [0.05, 0.1) is 23.2 Å². The molecule has 8 nitrogen and oxygen atoms in total. The van der Waals surface area contributed by atoms with E-state index in [1.165, 1.54) is 17.3 Å². The fourth-order valence-corrected chi connectivity index (χ4v) is 3.36. The smallest absolute Gasteiger partial charge is 0.399 e. The van der Waals surface area contributed by atoms with Crippen molar-refractivity contribution in [1.82, 2.24) is 29.8 Å². The number of imidazole rings is 1. The van der Waals surface area contributed by atoms with Crippen LogP contribution in [0.5, 0.6) is 0 Å². The molecule has 1 N–H and O–H groups in total. The number of hydrogen-bond acceptors (Lipinski definition) is 6. The number of H-pyrrole nitrogens is 1. The zero-order valence-electron chi connectivity index (χ0n) is 14.0. The Morgan fingerprint density at radius 1 is 1.21 bits per heavy atom. The SMILES string of the molecule is Fc1cccc2cc(C3c4nc[nH]c4CCN3c3nnc(C(F)(F)F)o3)nn12. The van der Waals surface area contributed by atoms with Crippen LogP contribution in [0.15, 0.2) is 35.0 Å². The average Bonchev–Trinajstić information content (AvgIpc) is 3.38. The number of halogens is 4. The summed E-state index contributed by atoms with van der Waals surface area (Å²) in [6.45, 7) is 0.287. The van der Waals surface area contributed by atoms with E-state index < -0.39 is 24.1 Å². The predicted octanol–water partition coefficient (Wildman–Crippen LogP) is 2.75. The molecular weight excluding hydrogens is 382 g/mol. The first-order chi connectivity index (χ1) is 13.4. The molecule has 1 aliphatic heterocycles. The number of alkyl halides is 3. The Kier molecular flexibility index (Phi) is 3.45. The fourth-order valence-electron chi connectivity index (χ4n) is 3.36. The molecule has 5 rings (SSSR count). The van der Waals surface area contributed by atoms with Gasteiger partial charge in [0.2, 0.25) is 5.95 Å². The predicted molar refractivity (Wildman–Crippen MR) is 85.9 cm³/mol. The van der Waals surface area contributed by atoms with Crippen molar-refractivity contribution in [3.63, 3.8) is 0 Å². The van der Waals surface area contributed by atoms with Crippen LogP contribution < -0.4 is 4.90 Å². The zero-order chi connectivity index (χ0) is 19.5. The average molecular weight is 393 g/mol. The van der Waals surface area contributed by atoms with Gasteiger partial charge in [-0.3, -0.25) is 0 Å². The van der Waals surface area contributed by atoms with Crippen molar-refractivity contribution in [1.29, 1.82) is 0 Å². The second-order valence-electron chi connectivity index (χ2n) is 6.25. The summed E-state index contributed by atoms with van der Waals surface area (Å²) in [6.07, 6.45) is -2.77. The van der Waals surface area contributed by atoms with Gasteiger partial charge in [0.15, 0.2) is 0 Å². The molecule has 5 heterocycles. The van der Waals surface area contributed by atoms with E-state index in [1.807, 2.05) is 0 Å². The molecule has 0 spiro atoms. The highest BCUT2D eigenvalue weighted by atomic mass is 19.4. The van der Waals surface area contributed by atoms with Crippen molar-refractivity contribution in [3.8, 4) is 0 Å². The lowest BCUT2D eigenvalue weighted by atomic mass is 10.0. The standard InChI is InChI=1S/C16H11F4N7O/c17-11-3-1-2-8-6-10(25-27(8)11)13-12-9(21-7-22-12)4-5-26(13)15-24-23-14(28-15)16(18,19)20/h1-3,6-7,13H,4-5H2,(H,21,22). The van der Waals surface area contributed by atoms with Crippen molar-refractivity contribution in [2.45, 2.75) is 18.6 Å². The molecule has 0 fully saturated rings. The van der Waals surface area contributed by atoms with E-state index in [1.54, 1.807) is 18.2 Å². The number of aromatic amines is 1. The van der Waals surface area contributed by atoms with Crippen LogP contribution in [0.2, 0.25) is 0 Å². The van der Waals surface area contributed by atoms with Crippen LogP contribution in [0, 0.1) is 5.95 Å². The van der Waals surface area contributed by atoms with Gasteiger partial charge >= 0.3 is 18.1 Å². The quantitative estimate of drug-likeness (QED) is 0.416. The van der Waals surface area contributed by atoms with Crippen LogP contribution >= 0.6 is 0 Å². The van der Waals surface area contributed by atoms with Crippen molar-refractivity contribution in [3.05, 3.63) is 59.5 Å². The third kappa shape index (κ3) is 2.52. The van der Waals surface area contributed by atoms with Crippen LogP contribution in [-0.2, 0) is 12.6 Å². The molecule has 12 heteroatoms. The maximum atomic E-state index is 14.1. The number of nitrogens with one attached hydrogen (secondary N) is 1. The lowest BCUT2D eigenvalue weighted by Crippen LogP contribution is -2.37. The lowest BCUT2D eigenvalue weighted by molar-refractivity contribution is -0.157. The highest BCUT2D eigenvalue weighted by molar-refractivity contribution is 5.52. The van der Waals surface area contributed by atoms with Crippen molar-refractivity contribution in [2.24, 2.45) is 0 Å². The van der Waals surface area contributed by atoms with E-state index in [2.05, 4.69) is 25.3 Å². The molecule has 0 saturated carbocycles. The number of pyridine rings is 1. The number of anilines is 1. The van der Waals surface area contributed by atoms with E-state index in [9.17, 15) is 17.6 Å². The molecule has 0 aromatic carbocycles. The summed E-state index contributed by atoms with van der Waals surface area (Å²) in [4.78, 5) is 8.79. The zero-order valence-corrected chi connectivity index (χ0v) is 14.0. The normalized spacial score (nSPS) is 17.3. The monoisotopic (exact) mass is 393 g/mol. The van der Waals surface area contributed by atoms with E-state index in [0.717, 1.165) is 10.2 Å². The topological polar surface area (TPSA) is 88.1 Å². The van der Waals surface area contributed by atoms with Crippen LogP contribution in [0.3, 0.4) is 0 Å². The van der Waals surface area contributed by atoms with Gasteiger partial charge in [-0.15, -0.1) is 5.10 Å². The summed E-state index contributed by atoms with van der Waals surface area (Å²) in [5, 5.41) is 10.9. The molecule has 4 aromatic rings. The molecule has 1 unspecified atom stereocenters. The molecule has 0 aliphatic carbocycles. The minimum absolute atomic E-state index is 0.287. The van der Waals surface area contributed by atoms with Crippen LogP contribution in [0.4, 0.5) is 23.6 Å². The Labute approximate surface area is 153 Å². The molecule has 0 saturated heterocycles. The second-order valence-corrected chi connectivity index (χ2v) is 6.25. The number of fused-ring (bicyclic) bond motifs is 2. The molecule has 0 bridgehead atoms. The van der Waals surface area contributed by atoms with Crippen LogP contribution in [0.25, 0.3) is 5.52 Å². The number of nitrogens with zero attached hydrogens (tertiary/aromatic N) is 6. The van der Waals surface area contributed by atoms with Gasteiger partial charge in [-0.2, -0.15) is 22.7 Å². The minimum atomic E-state index is -4.75. The molecule has 0 radical (unpaired) electrons. The van der Waals surface area contributed by atoms with Gasteiger partial charge in [0.1, 0.15) is 6.04 Å². The maximum Gasteiger partial charge on any atom is 0.470 e. The maximum absolute atomic E-state index is 14.1. The third-order valence-electron chi connectivity index (χ3n) is 4.57. The molecular formula is C16H11F4N7O. The van der Waals surface area contributed by atoms with E-state index >= 15 is 0 Å². The molecule has 28 heavy (non-hydrogen) atoms. The lowest BCUT2D eigenvalue weighted by Gasteiger charge is -2.32.